The molecular weight excluding hydrogens is 398 g/mol. The van der Waals surface area contributed by atoms with E-state index in [9.17, 15) is 5.11 Å². The normalized spacial score (nSPS) is 11.6. The lowest BCUT2D eigenvalue weighted by Crippen LogP contribution is -2.19. The fourth-order valence-electron chi connectivity index (χ4n) is 3.10. The number of ether oxygens (including phenoxy) is 1. The van der Waals surface area contributed by atoms with Gasteiger partial charge in [0, 0.05) is 12.1 Å². The predicted molar refractivity (Wildman–Crippen MR) is 124 cm³/mol. The van der Waals surface area contributed by atoms with Crippen molar-refractivity contribution in [2.45, 2.75) is 13.3 Å². The average molecular weight is 426 g/mol. The Labute approximate surface area is 184 Å². The second-order valence-electron chi connectivity index (χ2n) is 7.01. The molecule has 2 aromatic carbocycles. The molecule has 1 N–H and O–H groups in total. The van der Waals surface area contributed by atoms with E-state index in [2.05, 4.69) is 33.9 Å². The summed E-state index contributed by atoms with van der Waals surface area (Å²) >= 11 is 0. The molecule has 3 rings (SSSR count). The molecule has 0 saturated carbocycles. The third-order valence-electron chi connectivity index (χ3n) is 4.59. The Morgan fingerprint density at radius 3 is 2.13 bits per heavy atom. The zero-order valence-corrected chi connectivity index (χ0v) is 18.4. The SMILES string of the molecule is CC/C(=C(/c1ccc(O)cc1)c1ncc(OCCN(C)C)cn1)c1ccccc1.Cl. The van der Waals surface area contributed by atoms with Gasteiger partial charge in [-0.3, -0.25) is 0 Å². The summed E-state index contributed by atoms with van der Waals surface area (Å²) in [4.78, 5) is 11.3. The van der Waals surface area contributed by atoms with E-state index >= 15 is 0 Å². The van der Waals surface area contributed by atoms with Crippen LogP contribution in [0.3, 0.4) is 0 Å². The van der Waals surface area contributed by atoms with Crippen molar-refractivity contribution in [1.29, 1.82) is 0 Å². The van der Waals surface area contributed by atoms with E-state index in [0.717, 1.165) is 35.2 Å². The summed E-state index contributed by atoms with van der Waals surface area (Å²) < 4.78 is 5.73. The molecule has 30 heavy (non-hydrogen) atoms. The first-order valence-electron chi connectivity index (χ1n) is 9.76. The molecule has 0 atom stereocenters. The van der Waals surface area contributed by atoms with Crippen molar-refractivity contribution >= 4 is 23.6 Å². The van der Waals surface area contributed by atoms with Crippen LogP contribution in [0, 0.1) is 0 Å². The number of nitrogens with zero attached hydrogens (tertiary/aromatic N) is 3. The molecule has 0 spiro atoms. The first-order chi connectivity index (χ1) is 14.1. The van der Waals surface area contributed by atoms with Crippen LogP contribution >= 0.6 is 12.4 Å². The maximum atomic E-state index is 9.71. The van der Waals surface area contributed by atoms with Crippen LogP contribution in [0.5, 0.6) is 11.5 Å². The molecular formula is C24H28ClN3O2. The molecule has 0 saturated heterocycles. The van der Waals surface area contributed by atoms with E-state index in [1.807, 2.05) is 44.4 Å². The number of hydrogen-bond acceptors (Lipinski definition) is 5. The number of benzene rings is 2. The minimum atomic E-state index is 0. The fraction of sp³-hybridized carbons (Fsp3) is 0.250. The van der Waals surface area contributed by atoms with Crippen LogP contribution < -0.4 is 4.74 Å². The smallest absolute Gasteiger partial charge is 0.160 e. The lowest BCUT2D eigenvalue weighted by atomic mass is 9.92. The average Bonchev–Trinajstić information content (AvgIpc) is 2.74. The molecule has 5 nitrogen and oxygen atoms in total. The van der Waals surface area contributed by atoms with Gasteiger partial charge in [0.15, 0.2) is 11.6 Å². The molecule has 1 aromatic heterocycles. The van der Waals surface area contributed by atoms with Gasteiger partial charge in [-0.1, -0.05) is 49.4 Å². The number of phenolic OH excluding ortho intramolecular Hbond substituents is 1. The Balaban J connectivity index is 0.00000320. The monoisotopic (exact) mass is 425 g/mol. The molecule has 0 unspecified atom stereocenters. The van der Waals surface area contributed by atoms with Crippen molar-refractivity contribution in [3.63, 3.8) is 0 Å². The Morgan fingerprint density at radius 2 is 1.57 bits per heavy atom. The molecule has 158 valence electrons. The zero-order valence-electron chi connectivity index (χ0n) is 17.6. The van der Waals surface area contributed by atoms with Gasteiger partial charge in [0.1, 0.15) is 12.4 Å². The largest absolute Gasteiger partial charge is 0.508 e. The van der Waals surface area contributed by atoms with Crippen molar-refractivity contribution in [1.82, 2.24) is 14.9 Å². The highest BCUT2D eigenvalue weighted by Gasteiger charge is 2.15. The second kappa shape index (κ2) is 11.3. The van der Waals surface area contributed by atoms with Gasteiger partial charge >= 0.3 is 0 Å². The summed E-state index contributed by atoms with van der Waals surface area (Å²) in [6, 6.07) is 17.4. The Morgan fingerprint density at radius 1 is 0.933 bits per heavy atom. The highest BCUT2D eigenvalue weighted by Crippen LogP contribution is 2.33. The van der Waals surface area contributed by atoms with Gasteiger partial charge in [0.25, 0.3) is 0 Å². The number of hydrogen-bond donors (Lipinski definition) is 1. The van der Waals surface area contributed by atoms with Crippen molar-refractivity contribution in [3.8, 4) is 11.5 Å². The van der Waals surface area contributed by atoms with Gasteiger partial charge < -0.3 is 14.7 Å². The molecule has 1 heterocycles. The summed E-state index contributed by atoms with van der Waals surface area (Å²) in [5.74, 6) is 1.52. The summed E-state index contributed by atoms with van der Waals surface area (Å²) in [6.07, 6.45) is 4.26. The van der Waals surface area contributed by atoms with Gasteiger partial charge in [-0.15, -0.1) is 12.4 Å². The minimum absolute atomic E-state index is 0. The Bertz CT molecular complexity index is 940. The molecule has 0 radical (unpaired) electrons. The Kier molecular flexibility index (Phi) is 8.84. The standard InChI is InChI=1S/C24H27N3O2.ClH/c1-4-22(18-8-6-5-7-9-18)23(19-10-12-20(28)13-11-19)24-25-16-21(17-26-24)29-15-14-27(2)3;/h5-13,16-17,28H,4,14-15H2,1-3H3;1H/b23-22+;. The van der Waals surface area contributed by atoms with E-state index in [4.69, 9.17) is 4.74 Å². The first-order valence-corrected chi connectivity index (χ1v) is 9.76. The first kappa shape index (κ1) is 23.4. The van der Waals surface area contributed by atoms with Gasteiger partial charge in [-0.2, -0.15) is 0 Å². The summed E-state index contributed by atoms with van der Waals surface area (Å²) in [5.41, 5.74) is 4.20. The van der Waals surface area contributed by atoms with Crippen molar-refractivity contribution < 1.29 is 9.84 Å². The van der Waals surface area contributed by atoms with Crippen LogP contribution in [0.25, 0.3) is 11.1 Å². The molecule has 0 fully saturated rings. The summed E-state index contributed by atoms with van der Waals surface area (Å²) in [6.45, 7) is 3.54. The highest BCUT2D eigenvalue weighted by atomic mass is 35.5. The summed E-state index contributed by atoms with van der Waals surface area (Å²) in [7, 11) is 4.01. The number of likely N-dealkylation sites (N-methyl/N-ethyl adjacent to an activating group) is 1. The molecule has 0 bridgehead atoms. The van der Waals surface area contributed by atoms with E-state index in [1.54, 1.807) is 24.5 Å². The van der Waals surface area contributed by atoms with Gasteiger partial charge in [-0.25, -0.2) is 9.97 Å². The maximum Gasteiger partial charge on any atom is 0.160 e. The second-order valence-corrected chi connectivity index (χ2v) is 7.01. The molecule has 0 aliphatic heterocycles. The number of rotatable bonds is 8. The number of halogens is 1. The predicted octanol–water partition coefficient (Wildman–Crippen LogP) is 4.91. The van der Waals surface area contributed by atoms with E-state index in [0.29, 0.717) is 18.2 Å². The number of aromatic hydroxyl groups is 1. The fourth-order valence-corrected chi connectivity index (χ4v) is 3.10. The molecule has 3 aromatic rings. The lowest BCUT2D eigenvalue weighted by Gasteiger charge is -2.15. The highest BCUT2D eigenvalue weighted by molar-refractivity contribution is 5.96. The third-order valence-corrected chi connectivity index (χ3v) is 4.59. The number of allylic oxidation sites excluding steroid dienone is 1. The van der Waals surface area contributed by atoms with Crippen molar-refractivity contribution in [2.24, 2.45) is 0 Å². The number of aromatic nitrogens is 2. The topological polar surface area (TPSA) is 58.5 Å². The van der Waals surface area contributed by atoms with E-state index < -0.39 is 0 Å². The van der Waals surface area contributed by atoms with Crippen LogP contribution in [0.2, 0.25) is 0 Å². The number of phenols is 1. The third kappa shape index (κ3) is 6.05. The van der Waals surface area contributed by atoms with Gasteiger partial charge in [-0.05, 0) is 49.3 Å². The van der Waals surface area contributed by atoms with Crippen LogP contribution in [0.4, 0.5) is 0 Å². The molecule has 0 aliphatic rings. The van der Waals surface area contributed by atoms with Crippen molar-refractivity contribution in [3.05, 3.63) is 83.9 Å². The van der Waals surface area contributed by atoms with E-state index in [1.165, 1.54) is 0 Å². The molecule has 0 aliphatic carbocycles. The van der Waals surface area contributed by atoms with Gasteiger partial charge in [0.05, 0.1) is 12.4 Å². The lowest BCUT2D eigenvalue weighted by molar-refractivity contribution is 0.260. The molecule has 6 heteroatoms. The van der Waals surface area contributed by atoms with Gasteiger partial charge in [0.2, 0.25) is 0 Å². The van der Waals surface area contributed by atoms with Crippen molar-refractivity contribution in [2.75, 3.05) is 27.2 Å². The summed E-state index contributed by atoms with van der Waals surface area (Å²) in [5, 5.41) is 9.71. The zero-order chi connectivity index (χ0) is 20.6. The quantitative estimate of drug-likeness (QED) is 0.519. The van der Waals surface area contributed by atoms with E-state index in [-0.39, 0.29) is 18.2 Å². The van der Waals surface area contributed by atoms with Crippen LogP contribution in [0.15, 0.2) is 67.0 Å². The maximum absolute atomic E-state index is 9.71. The van der Waals surface area contributed by atoms with Crippen LogP contribution in [0.1, 0.15) is 30.3 Å². The molecule has 0 amide bonds. The van der Waals surface area contributed by atoms with Crippen LogP contribution in [-0.2, 0) is 0 Å². The Hall–Kier alpha value is -2.89. The minimum Gasteiger partial charge on any atom is -0.508 e. The van der Waals surface area contributed by atoms with Crippen LogP contribution in [-0.4, -0.2) is 47.2 Å².